The average Bonchev–Trinajstić information content (AvgIpc) is 2.66. The number of nitrogens with one attached hydrogen (secondary N) is 1. The molecule has 2 aromatic carbocycles. The summed E-state index contributed by atoms with van der Waals surface area (Å²) in [6.45, 7) is 7.35. The van der Waals surface area contributed by atoms with Crippen LogP contribution < -0.4 is 14.8 Å². The fourth-order valence-corrected chi connectivity index (χ4v) is 2.53. The lowest BCUT2D eigenvalue weighted by molar-refractivity contribution is -0.155. The van der Waals surface area contributed by atoms with Gasteiger partial charge in [0.2, 0.25) is 0 Å². The van der Waals surface area contributed by atoms with Crippen molar-refractivity contribution in [3.63, 3.8) is 0 Å². The van der Waals surface area contributed by atoms with Crippen molar-refractivity contribution in [1.82, 2.24) is 0 Å². The number of benzene rings is 2. The lowest BCUT2D eigenvalue weighted by Gasteiger charge is -2.16. The van der Waals surface area contributed by atoms with Gasteiger partial charge in [-0.2, -0.15) is 0 Å². The van der Waals surface area contributed by atoms with Gasteiger partial charge in [0.1, 0.15) is 11.5 Å². The molecule has 0 aromatic heterocycles. The Hall–Kier alpha value is -3.02. The molecular weight excluding hydrogens is 358 g/mol. The van der Waals surface area contributed by atoms with Gasteiger partial charge in [0.25, 0.3) is 5.91 Å². The fraction of sp³-hybridized carbons (Fsp3) is 0.364. The van der Waals surface area contributed by atoms with E-state index in [2.05, 4.69) is 19.2 Å². The Morgan fingerprint density at radius 1 is 1.04 bits per heavy atom. The molecule has 150 valence electrons. The second-order valence-electron chi connectivity index (χ2n) is 6.84. The van der Waals surface area contributed by atoms with Crippen molar-refractivity contribution < 1.29 is 23.8 Å². The molecule has 0 saturated heterocycles. The minimum atomic E-state index is -0.968. The maximum Gasteiger partial charge on any atom is 0.344 e. The molecule has 0 spiro atoms. The Morgan fingerprint density at radius 3 is 2.32 bits per heavy atom. The molecule has 0 aliphatic heterocycles. The van der Waals surface area contributed by atoms with E-state index in [9.17, 15) is 9.59 Å². The fourth-order valence-electron chi connectivity index (χ4n) is 2.53. The van der Waals surface area contributed by atoms with E-state index in [-0.39, 0.29) is 6.61 Å². The van der Waals surface area contributed by atoms with Crippen molar-refractivity contribution in [1.29, 1.82) is 0 Å². The molecule has 0 radical (unpaired) electrons. The SMILES string of the molecule is COc1ccc(C)cc1NC(=O)[C@@H](C)OC(=O)COc1ccc(C(C)C)cc1. The number of methoxy groups -OCH3 is 1. The molecule has 0 heterocycles. The summed E-state index contributed by atoms with van der Waals surface area (Å²) in [5.41, 5.74) is 2.68. The predicted octanol–water partition coefficient (Wildman–Crippen LogP) is 4.08. The van der Waals surface area contributed by atoms with Crippen LogP contribution in [0.1, 0.15) is 37.8 Å². The number of amides is 1. The standard InChI is InChI=1S/C22H27NO5/c1-14(2)17-7-9-18(10-8-17)27-13-21(24)28-16(4)22(25)23-19-12-15(3)6-11-20(19)26-5/h6-12,14,16H,13H2,1-5H3,(H,23,25)/t16-/m1/s1. The van der Waals surface area contributed by atoms with Gasteiger partial charge < -0.3 is 19.5 Å². The van der Waals surface area contributed by atoms with Gasteiger partial charge in [-0.3, -0.25) is 4.79 Å². The summed E-state index contributed by atoms with van der Waals surface area (Å²) in [4.78, 5) is 24.3. The molecule has 0 aliphatic carbocycles. The molecule has 1 N–H and O–H groups in total. The monoisotopic (exact) mass is 385 g/mol. The highest BCUT2D eigenvalue weighted by molar-refractivity contribution is 5.96. The Bertz CT molecular complexity index is 814. The molecule has 28 heavy (non-hydrogen) atoms. The van der Waals surface area contributed by atoms with Crippen molar-refractivity contribution >= 4 is 17.6 Å². The first-order chi connectivity index (χ1) is 13.3. The number of esters is 1. The van der Waals surface area contributed by atoms with Crippen LogP contribution in [0, 0.1) is 6.92 Å². The maximum atomic E-state index is 12.3. The van der Waals surface area contributed by atoms with E-state index in [1.807, 2.05) is 37.3 Å². The number of carbonyl (C=O) groups is 2. The lowest BCUT2D eigenvalue weighted by Crippen LogP contribution is -2.31. The van der Waals surface area contributed by atoms with Crippen molar-refractivity contribution in [3.8, 4) is 11.5 Å². The van der Waals surface area contributed by atoms with E-state index >= 15 is 0 Å². The quantitative estimate of drug-likeness (QED) is 0.693. The first-order valence-corrected chi connectivity index (χ1v) is 9.18. The number of rotatable bonds is 8. The maximum absolute atomic E-state index is 12.3. The number of anilines is 1. The molecular formula is C22H27NO5. The van der Waals surface area contributed by atoms with E-state index in [0.29, 0.717) is 23.1 Å². The van der Waals surface area contributed by atoms with Gasteiger partial charge in [-0.25, -0.2) is 4.79 Å². The van der Waals surface area contributed by atoms with Gasteiger partial charge >= 0.3 is 5.97 Å². The Labute approximate surface area is 165 Å². The van der Waals surface area contributed by atoms with E-state index in [1.165, 1.54) is 19.6 Å². The van der Waals surface area contributed by atoms with Gasteiger partial charge in [-0.15, -0.1) is 0 Å². The third-order valence-electron chi connectivity index (χ3n) is 4.19. The predicted molar refractivity (Wildman–Crippen MR) is 108 cm³/mol. The molecule has 6 heteroatoms. The summed E-state index contributed by atoms with van der Waals surface area (Å²) in [6, 6.07) is 13.0. The van der Waals surface area contributed by atoms with Crippen LogP contribution in [-0.2, 0) is 14.3 Å². The summed E-state index contributed by atoms with van der Waals surface area (Å²) in [5.74, 6) is 0.462. The van der Waals surface area contributed by atoms with Crippen molar-refractivity contribution in [3.05, 3.63) is 53.6 Å². The minimum Gasteiger partial charge on any atom is -0.495 e. The molecule has 0 unspecified atom stereocenters. The van der Waals surface area contributed by atoms with E-state index in [4.69, 9.17) is 14.2 Å². The van der Waals surface area contributed by atoms with Gasteiger partial charge in [-0.1, -0.05) is 32.0 Å². The van der Waals surface area contributed by atoms with Gasteiger partial charge in [-0.05, 0) is 55.2 Å². The van der Waals surface area contributed by atoms with E-state index < -0.39 is 18.0 Å². The molecule has 0 saturated carbocycles. The Kier molecular flexibility index (Phi) is 7.44. The van der Waals surface area contributed by atoms with Crippen LogP contribution in [0.15, 0.2) is 42.5 Å². The number of hydrogen-bond donors (Lipinski definition) is 1. The molecule has 1 amide bonds. The third kappa shape index (κ3) is 6.01. The summed E-state index contributed by atoms with van der Waals surface area (Å²) < 4.78 is 15.8. The van der Waals surface area contributed by atoms with Crippen LogP contribution >= 0.6 is 0 Å². The van der Waals surface area contributed by atoms with Gasteiger partial charge in [0.05, 0.1) is 12.8 Å². The zero-order chi connectivity index (χ0) is 20.7. The number of hydrogen-bond acceptors (Lipinski definition) is 5. The summed E-state index contributed by atoms with van der Waals surface area (Å²) in [7, 11) is 1.52. The summed E-state index contributed by atoms with van der Waals surface area (Å²) >= 11 is 0. The second-order valence-corrected chi connectivity index (χ2v) is 6.84. The highest BCUT2D eigenvalue weighted by Gasteiger charge is 2.19. The van der Waals surface area contributed by atoms with Crippen LogP contribution in [-0.4, -0.2) is 31.7 Å². The van der Waals surface area contributed by atoms with Crippen molar-refractivity contribution in [2.45, 2.75) is 39.7 Å². The van der Waals surface area contributed by atoms with E-state index in [0.717, 1.165) is 5.56 Å². The Morgan fingerprint density at radius 2 is 1.71 bits per heavy atom. The van der Waals surface area contributed by atoms with Gasteiger partial charge in [0.15, 0.2) is 12.7 Å². The number of ether oxygens (including phenoxy) is 3. The second kappa shape index (κ2) is 9.78. The van der Waals surface area contributed by atoms with Crippen molar-refractivity contribution in [2.75, 3.05) is 19.0 Å². The molecule has 0 aliphatic rings. The lowest BCUT2D eigenvalue weighted by atomic mass is 10.0. The first-order valence-electron chi connectivity index (χ1n) is 9.18. The van der Waals surface area contributed by atoms with Crippen LogP contribution in [0.2, 0.25) is 0 Å². The van der Waals surface area contributed by atoms with Gasteiger partial charge in [0, 0.05) is 0 Å². The number of carbonyl (C=O) groups excluding carboxylic acids is 2. The summed E-state index contributed by atoms with van der Waals surface area (Å²) in [5, 5.41) is 2.72. The topological polar surface area (TPSA) is 73.9 Å². The zero-order valence-electron chi connectivity index (χ0n) is 16.9. The smallest absolute Gasteiger partial charge is 0.344 e. The zero-order valence-corrected chi connectivity index (χ0v) is 16.9. The summed E-state index contributed by atoms with van der Waals surface area (Å²) in [6.07, 6.45) is -0.968. The molecule has 0 bridgehead atoms. The molecule has 2 rings (SSSR count). The number of aryl methyl sites for hydroxylation is 1. The molecule has 6 nitrogen and oxygen atoms in total. The van der Waals surface area contributed by atoms with Crippen LogP contribution in [0.25, 0.3) is 0 Å². The van der Waals surface area contributed by atoms with E-state index in [1.54, 1.807) is 12.1 Å². The normalized spacial score (nSPS) is 11.6. The Balaban J connectivity index is 1.86. The van der Waals surface area contributed by atoms with Crippen LogP contribution in [0.3, 0.4) is 0 Å². The average molecular weight is 385 g/mol. The van der Waals surface area contributed by atoms with Crippen LogP contribution in [0.4, 0.5) is 5.69 Å². The largest absolute Gasteiger partial charge is 0.495 e. The highest BCUT2D eigenvalue weighted by atomic mass is 16.6. The van der Waals surface area contributed by atoms with Crippen molar-refractivity contribution in [2.24, 2.45) is 0 Å². The molecule has 0 fully saturated rings. The third-order valence-corrected chi connectivity index (χ3v) is 4.19. The molecule has 1 atom stereocenters. The molecule has 2 aromatic rings. The highest BCUT2D eigenvalue weighted by Crippen LogP contribution is 2.25. The minimum absolute atomic E-state index is 0.271. The first kappa shape index (κ1) is 21.3. The van der Waals surface area contributed by atoms with Crippen LogP contribution in [0.5, 0.6) is 11.5 Å².